The lowest BCUT2D eigenvalue weighted by Crippen LogP contribution is -1.96. The van der Waals surface area contributed by atoms with Crippen LogP contribution in [0.3, 0.4) is 0 Å². The Morgan fingerprint density at radius 1 is 1.27 bits per heavy atom. The molecule has 0 aliphatic heterocycles. The van der Waals surface area contributed by atoms with Crippen molar-refractivity contribution in [2.24, 2.45) is 0 Å². The molecule has 3 N–H and O–H groups in total. The smallest absolute Gasteiger partial charge is 0.163 e. The van der Waals surface area contributed by atoms with Crippen LogP contribution in [0.4, 0.5) is 5.69 Å². The van der Waals surface area contributed by atoms with Gasteiger partial charge in [-0.1, -0.05) is 30.3 Å². The van der Waals surface area contributed by atoms with E-state index in [0.717, 1.165) is 11.3 Å². The predicted octanol–water partition coefficient (Wildman–Crippen LogP) is 2.47. The van der Waals surface area contributed by atoms with Crippen LogP contribution in [0.5, 0.6) is 0 Å². The summed E-state index contributed by atoms with van der Waals surface area (Å²) in [5.74, 6) is -0.0223. The fourth-order valence-corrected chi connectivity index (χ4v) is 1.57. The zero-order valence-corrected chi connectivity index (χ0v) is 8.45. The molecular formula is C12H12N2O. The highest BCUT2D eigenvalue weighted by molar-refractivity contribution is 6.02. The third-order valence-electron chi connectivity index (χ3n) is 2.36. The summed E-state index contributed by atoms with van der Waals surface area (Å²) < 4.78 is 0. The molecule has 0 aliphatic rings. The fraction of sp³-hybridized carbons (Fsp3) is 0.0833. The number of nitrogens with two attached hydrogens (primary N) is 1. The highest BCUT2D eigenvalue weighted by atomic mass is 16.1. The van der Waals surface area contributed by atoms with Crippen molar-refractivity contribution in [2.75, 3.05) is 5.73 Å². The molecule has 0 aliphatic carbocycles. The number of aromatic nitrogens is 1. The summed E-state index contributed by atoms with van der Waals surface area (Å²) in [6, 6.07) is 9.71. The standard InChI is InChI=1S/C12H12N2O/c1-8(15)10-7-14-12(11(10)13)9-5-3-2-4-6-9/h2-7,14H,13H2,1H3. The first kappa shape index (κ1) is 9.52. The number of nitrogen functional groups attached to an aromatic ring is 1. The van der Waals surface area contributed by atoms with Gasteiger partial charge in [-0.05, 0) is 6.92 Å². The first-order chi connectivity index (χ1) is 7.20. The van der Waals surface area contributed by atoms with Crippen molar-refractivity contribution in [3.63, 3.8) is 0 Å². The maximum atomic E-state index is 11.2. The van der Waals surface area contributed by atoms with E-state index in [2.05, 4.69) is 4.98 Å². The van der Waals surface area contributed by atoms with Gasteiger partial charge < -0.3 is 10.7 Å². The monoisotopic (exact) mass is 200 g/mol. The van der Waals surface area contributed by atoms with E-state index in [9.17, 15) is 4.79 Å². The third kappa shape index (κ3) is 1.64. The Balaban J connectivity index is 2.52. The number of Topliss-reactive ketones (excluding diaryl/α,β-unsaturated/α-hetero) is 1. The second-order valence-corrected chi connectivity index (χ2v) is 3.41. The number of anilines is 1. The second kappa shape index (κ2) is 3.61. The summed E-state index contributed by atoms with van der Waals surface area (Å²) in [4.78, 5) is 14.2. The number of aromatic amines is 1. The fourth-order valence-electron chi connectivity index (χ4n) is 1.57. The van der Waals surface area contributed by atoms with Crippen molar-refractivity contribution < 1.29 is 4.79 Å². The van der Waals surface area contributed by atoms with Crippen molar-refractivity contribution in [1.29, 1.82) is 0 Å². The van der Waals surface area contributed by atoms with Crippen LogP contribution in [0.15, 0.2) is 36.5 Å². The van der Waals surface area contributed by atoms with Gasteiger partial charge in [0.1, 0.15) is 0 Å². The molecule has 1 aromatic heterocycles. The molecule has 0 atom stereocenters. The van der Waals surface area contributed by atoms with Crippen molar-refractivity contribution in [1.82, 2.24) is 4.98 Å². The van der Waals surface area contributed by atoms with Crippen LogP contribution in [0.1, 0.15) is 17.3 Å². The number of carbonyl (C=O) groups excluding carboxylic acids is 1. The average molecular weight is 200 g/mol. The molecule has 0 fully saturated rings. The molecule has 3 heteroatoms. The minimum atomic E-state index is -0.0223. The van der Waals surface area contributed by atoms with E-state index in [0.29, 0.717) is 11.3 Å². The summed E-state index contributed by atoms with van der Waals surface area (Å²) in [5, 5.41) is 0. The third-order valence-corrected chi connectivity index (χ3v) is 2.36. The largest absolute Gasteiger partial charge is 0.396 e. The molecule has 0 amide bonds. The molecule has 2 aromatic rings. The number of carbonyl (C=O) groups is 1. The first-order valence-electron chi connectivity index (χ1n) is 4.73. The lowest BCUT2D eigenvalue weighted by molar-refractivity contribution is 0.101. The molecule has 0 spiro atoms. The van der Waals surface area contributed by atoms with Crippen LogP contribution in [-0.4, -0.2) is 10.8 Å². The van der Waals surface area contributed by atoms with Gasteiger partial charge in [0.15, 0.2) is 5.78 Å². The van der Waals surface area contributed by atoms with Crippen LogP contribution < -0.4 is 5.73 Å². The van der Waals surface area contributed by atoms with Gasteiger partial charge in [-0.3, -0.25) is 4.79 Å². The summed E-state index contributed by atoms with van der Waals surface area (Å²) in [6.07, 6.45) is 1.65. The van der Waals surface area contributed by atoms with E-state index >= 15 is 0 Å². The Bertz CT molecular complexity index is 486. The normalized spacial score (nSPS) is 10.2. The first-order valence-corrected chi connectivity index (χ1v) is 4.73. The molecule has 0 bridgehead atoms. The topological polar surface area (TPSA) is 58.9 Å². The zero-order chi connectivity index (χ0) is 10.8. The van der Waals surface area contributed by atoms with E-state index in [4.69, 9.17) is 5.73 Å². The van der Waals surface area contributed by atoms with Gasteiger partial charge in [-0.25, -0.2) is 0 Å². The quantitative estimate of drug-likeness (QED) is 0.731. The predicted molar refractivity (Wildman–Crippen MR) is 60.6 cm³/mol. The molecule has 0 unspecified atom stereocenters. The van der Waals surface area contributed by atoms with E-state index in [-0.39, 0.29) is 5.78 Å². The van der Waals surface area contributed by atoms with Gasteiger partial charge in [-0.2, -0.15) is 0 Å². The van der Waals surface area contributed by atoms with Crippen LogP contribution in [0, 0.1) is 0 Å². The summed E-state index contributed by atoms with van der Waals surface area (Å²) in [5.41, 5.74) is 8.75. The zero-order valence-electron chi connectivity index (χ0n) is 8.45. The lowest BCUT2D eigenvalue weighted by Gasteiger charge is -2.00. The Morgan fingerprint density at radius 2 is 1.93 bits per heavy atom. The number of rotatable bonds is 2. The van der Waals surface area contributed by atoms with Crippen LogP contribution in [0.25, 0.3) is 11.3 Å². The van der Waals surface area contributed by atoms with Gasteiger partial charge >= 0.3 is 0 Å². The molecule has 0 radical (unpaired) electrons. The molecule has 1 heterocycles. The van der Waals surface area contributed by atoms with E-state index < -0.39 is 0 Å². The average Bonchev–Trinajstić information content (AvgIpc) is 2.61. The van der Waals surface area contributed by atoms with Crippen molar-refractivity contribution in [2.45, 2.75) is 6.92 Å². The Kier molecular flexibility index (Phi) is 2.29. The lowest BCUT2D eigenvalue weighted by atomic mass is 10.1. The minimum Gasteiger partial charge on any atom is -0.396 e. The van der Waals surface area contributed by atoms with Gasteiger partial charge in [0.25, 0.3) is 0 Å². The number of hydrogen-bond donors (Lipinski definition) is 2. The highest BCUT2D eigenvalue weighted by Crippen LogP contribution is 2.27. The Hall–Kier alpha value is -2.03. The number of nitrogens with one attached hydrogen (secondary N) is 1. The van der Waals surface area contributed by atoms with E-state index in [1.165, 1.54) is 6.92 Å². The molecule has 0 saturated carbocycles. The van der Waals surface area contributed by atoms with Crippen LogP contribution >= 0.6 is 0 Å². The summed E-state index contributed by atoms with van der Waals surface area (Å²) in [6.45, 7) is 1.51. The summed E-state index contributed by atoms with van der Waals surface area (Å²) >= 11 is 0. The molecule has 15 heavy (non-hydrogen) atoms. The van der Waals surface area contributed by atoms with E-state index in [1.54, 1.807) is 6.20 Å². The molecule has 1 aromatic carbocycles. The number of hydrogen-bond acceptors (Lipinski definition) is 2. The molecular weight excluding hydrogens is 188 g/mol. The Morgan fingerprint density at radius 3 is 2.47 bits per heavy atom. The number of benzene rings is 1. The summed E-state index contributed by atoms with van der Waals surface area (Å²) in [7, 11) is 0. The molecule has 2 rings (SSSR count). The van der Waals surface area contributed by atoms with Crippen molar-refractivity contribution in [3.05, 3.63) is 42.1 Å². The Labute approximate surface area is 87.9 Å². The van der Waals surface area contributed by atoms with Gasteiger partial charge in [0.2, 0.25) is 0 Å². The van der Waals surface area contributed by atoms with Crippen molar-refractivity contribution in [3.8, 4) is 11.3 Å². The molecule has 3 nitrogen and oxygen atoms in total. The van der Waals surface area contributed by atoms with Gasteiger partial charge in [0, 0.05) is 11.8 Å². The van der Waals surface area contributed by atoms with Gasteiger partial charge in [0.05, 0.1) is 16.9 Å². The SMILES string of the molecule is CC(=O)c1c[nH]c(-c2ccccc2)c1N. The number of ketones is 1. The van der Waals surface area contributed by atoms with Gasteiger partial charge in [-0.15, -0.1) is 0 Å². The maximum absolute atomic E-state index is 11.2. The van der Waals surface area contributed by atoms with E-state index in [1.807, 2.05) is 30.3 Å². The maximum Gasteiger partial charge on any atom is 0.163 e. The highest BCUT2D eigenvalue weighted by Gasteiger charge is 2.12. The molecule has 0 saturated heterocycles. The van der Waals surface area contributed by atoms with Crippen LogP contribution in [0.2, 0.25) is 0 Å². The molecule has 76 valence electrons. The number of H-pyrrole nitrogens is 1. The minimum absolute atomic E-state index is 0.0223. The van der Waals surface area contributed by atoms with Crippen molar-refractivity contribution >= 4 is 11.5 Å². The second-order valence-electron chi connectivity index (χ2n) is 3.41. The van der Waals surface area contributed by atoms with Crippen LogP contribution in [-0.2, 0) is 0 Å².